The summed E-state index contributed by atoms with van der Waals surface area (Å²) in [5.41, 5.74) is -0.372. The molecule has 7 nitrogen and oxygen atoms in total. The highest BCUT2D eigenvalue weighted by Crippen LogP contribution is 2.37. The maximum absolute atomic E-state index is 11.1. The summed E-state index contributed by atoms with van der Waals surface area (Å²) in [7, 11) is 0. The highest BCUT2D eigenvalue weighted by Gasteiger charge is 2.23. The average molecular weight is 298 g/mol. The number of rotatable bonds is 2. The van der Waals surface area contributed by atoms with Gasteiger partial charge in [0, 0.05) is 6.07 Å². The molecule has 1 fully saturated rings. The lowest BCUT2D eigenvalue weighted by Gasteiger charge is -2.02. The van der Waals surface area contributed by atoms with Crippen molar-refractivity contribution in [3.05, 3.63) is 32.7 Å². The van der Waals surface area contributed by atoms with E-state index in [0.29, 0.717) is 4.91 Å². The standard InChI is InChI=1S/C10H6N2O5S2/c13-6-2-4(1-5(8(6)14)12(16)17)3-7-9(18)11-10(15)19-7/h1-3,13-14H,(H,11,15,18)/b7-3-. The third-order valence-electron chi connectivity index (χ3n) is 2.23. The molecule has 2 rings (SSSR count). The van der Waals surface area contributed by atoms with Crippen molar-refractivity contribution in [3.8, 4) is 11.5 Å². The summed E-state index contributed by atoms with van der Waals surface area (Å²) in [5, 5.41) is 31.5. The van der Waals surface area contributed by atoms with Gasteiger partial charge in [0.25, 0.3) is 5.24 Å². The number of phenolic OH excluding ortho intramolecular Hbond substituents is 2. The summed E-state index contributed by atoms with van der Waals surface area (Å²) in [6.07, 6.45) is 1.41. The Morgan fingerprint density at radius 3 is 2.63 bits per heavy atom. The molecular weight excluding hydrogens is 292 g/mol. The molecule has 1 amide bonds. The third kappa shape index (κ3) is 2.66. The van der Waals surface area contributed by atoms with E-state index < -0.39 is 22.1 Å². The Bertz CT molecular complexity index is 641. The lowest BCUT2D eigenvalue weighted by Crippen LogP contribution is -2.15. The van der Waals surface area contributed by atoms with Gasteiger partial charge < -0.3 is 15.5 Å². The predicted molar refractivity (Wildman–Crippen MR) is 73.1 cm³/mol. The van der Waals surface area contributed by atoms with E-state index in [1.54, 1.807) is 0 Å². The second-order valence-corrected chi connectivity index (χ2v) is 4.94. The second kappa shape index (κ2) is 4.86. The summed E-state index contributed by atoms with van der Waals surface area (Å²) in [5.74, 6) is -1.42. The van der Waals surface area contributed by atoms with E-state index in [4.69, 9.17) is 12.2 Å². The monoisotopic (exact) mass is 298 g/mol. The van der Waals surface area contributed by atoms with Crippen LogP contribution in [0.2, 0.25) is 0 Å². The fraction of sp³-hybridized carbons (Fsp3) is 0. The van der Waals surface area contributed by atoms with Gasteiger partial charge in [0.1, 0.15) is 4.99 Å². The number of aromatic hydroxyl groups is 2. The summed E-state index contributed by atoms with van der Waals surface area (Å²) in [4.78, 5) is 21.6. The van der Waals surface area contributed by atoms with Crippen LogP contribution in [-0.4, -0.2) is 25.4 Å². The Morgan fingerprint density at radius 2 is 2.11 bits per heavy atom. The van der Waals surface area contributed by atoms with Gasteiger partial charge in [-0.15, -0.1) is 0 Å². The van der Waals surface area contributed by atoms with Crippen LogP contribution in [0.5, 0.6) is 11.5 Å². The zero-order valence-corrected chi connectivity index (χ0v) is 10.7. The van der Waals surface area contributed by atoms with Gasteiger partial charge in [0.15, 0.2) is 5.75 Å². The SMILES string of the molecule is O=C1NC(=S)/C(=C/c2cc(O)c(O)c([N+](=O)[O-])c2)S1. The molecule has 0 spiro atoms. The third-order valence-corrected chi connectivity index (χ3v) is 3.51. The number of nitrogens with one attached hydrogen (secondary N) is 1. The Hall–Kier alpha value is -2.13. The number of thiocarbonyl (C=S) groups is 1. The Balaban J connectivity index is 2.47. The Kier molecular flexibility index (Phi) is 3.40. The summed E-state index contributed by atoms with van der Waals surface area (Å²) in [6.45, 7) is 0. The van der Waals surface area contributed by atoms with Crippen LogP contribution in [0.15, 0.2) is 17.0 Å². The fourth-order valence-electron chi connectivity index (χ4n) is 1.42. The number of thioether (sulfide) groups is 1. The summed E-state index contributed by atoms with van der Waals surface area (Å²) >= 11 is 5.74. The lowest BCUT2D eigenvalue weighted by atomic mass is 10.1. The highest BCUT2D eigenvalue weighted by atomic mass is 32.2. The molecule has 0 aromatic heterocycles. The van der Waals surface area contributed by atoms with Crippen molar-refractivity contribution in [2.75, 3.05) is 0 Å². The van der Waals surface area contributed by atoms with Gasteiger partial charge in [-0.1, -0.05) is 12.2 Å². The number of carbonyl (C=O) groups is 1. The highest BCUT2D eigenvalue weighted by molar-refractivity contribution is 8.19. The number of nitro benzene ring substituents is 1. The van der Waals surface area contributed by atoms with E-state index in [2.05, 4.69) is 5.32 Å². The number of benzene rings is 1. The van der Waals surface area contributed by atoms with Gasteiger partial charge in [0.2, 0.25) is 5.75 Å². The molecule has 1 saturated heterocycles. The van der Waals surface area contributed by atoms with Gasteiger partial charge >= 0.3 is 5.69 Å². The van der Waals surface area contributed by atoms with Gasteiger partial charge in [-0.25, -0.2) is 0 Å². The van der Waals surface area contributed by atoms with Crippen molar-refractivity contribution in [2.45, 2.75) is 0 Å². The van der Waals surface area contributed by atoms with E-state index in [-0.39, 0.29) is 15.8 Å². The molecule has 0 atom stereocenters. The van der Waals surface area contributed by atoms with Gasteiger partial charge in [-0.3, -0.25) is 14.9 Å². The maximum Gasteiger partial charge on any atom is 0.315 e. The van der Waals surface area contributed by atoms with E-state index in [0.717, 1.165) is 23.9 Å². The first-order valence-electron chi connectivity index (χ1n) is 4.83. The molecule has 1 aromatic rings. The smallest absolute Gasteiger partial charge is 0.315 e. The number of hydrogen-bond acceptors (Lipinski definition) is 7. The predicted octanol–water partition coefficient (Wildman–Crippen LogP) is 2.13. The Morgan fingerprint density at radius 1 is 1.42 bits per heavy atom. The first kappa shape index (κ1) is 13.3. The van der Waals surface area contributed by atoms with Crippen LogP contribution in [0.25, 0.3) is 6.08 Å². The fourth-order valence-corrected chi connectivity index (χ4v) is 2.45. The van der Waals surface area contributed by atoms with Crippen LogP contribution in [0, 0.1) is 10.1 Å². The molecule has 9 heteroatoms. The number of nitro groups is 1. The van der Waals surface area contributed by atoms with Crippen molar-refractivity contribution in [1.82, 2.24) is 5.32 Å². The molecule has 3 N–H and O–H groups in total. The first-order valence-corrected chi connectivity index (χ1v) is 6.06. The molecule has 0 bridgehead atoms. The average Bonchev–Trinajstić information content (AvgIpc) is 2.62. The van der Waals surface area contributed by atoms with Crippen LogP contribution in [0.3, 0.4) is 0 Å². The quantitative estimate of drug-likeness (QED) is 0.252. The van der Waals surface area contributed by atoms with E-state index in [1.165, 1.54) is 6.08 Å². The molecule has 0 radical (unpaired) electrons. The summed E-state index contributed by atoms with van der Waals surface area (Å²) in [6, 6.07) is 2.22. The Labute approximate surface area is 116 Å². The molecule has 1 heterocycles. The van der Waals surface area contributed by atoms with Gasteiger partial charge in [-0.2, -0.15) is 0 Å². The van der Waals surface area contributed by atoms with Crippen LogP contribution in [0.1, 0.15) is 5.56 Å². The lowest BCUT2D eigenvalue weighted by molar-refractivity contribution is -0.386. The topological polar surface area (TPSA) is 113 Å². The van der Waals surface area contributed by atoms with E-state index in [9.17, 15) is 25.1 Å². The molecule has 0 unspecified atom stereocenters. The molecule has 1 aromatic carbocycles. The largest absolute Gasteiger partial charge is 0.504 e. The maximum atomic E-state index is 11.1. The molecule has 1 aliphatic rings. The molecule has 98 valence electrons. The molecule has 0 aliphatic carbocycles. The van der Waals surface area contributed by atoms with Crippen LogP contribution < -0.4 is 5.32 Å². The summed E-state index contributed by atoms with van der Waals surface area (Å²) < 4.78 is 0. The van der Waals surface area contributed by atoms with Crippen molar-refractivity contribution < 1.29 is 19.9 Å². The minimum Gasteiger partial charge on any atom is -0.504 e. The minimum atomic E-state index is -0.819. The molecule has 0 saturated carbocycles. The first-order chi connectivity index (χ1) is 8.88. The number of hydrogen-bond donors (Lipinski definition) is 3. The van der Waals surface area contributed by atoms with E-state index in [1.807, 2.05) is 0 Å². The number of amides is 1. The van der Waals surface area contributed by atoms with Crippen LogP contribution >= 0.6 is 24.0 Å². The van der Waals surface area contributed by atoms with Crippen molar-refractivity contribution in [2.24, 2.45) is 0 Å². The van der Waals surface area contributed by atoms with Crippen molar-refractivity contribution >= 4 is 46.0 Å². The molecular formula is C10H6N2O5S2. The van der Waals surface area contributed by atoms with Crippen LogP contribution in [-0.2, 0) is 0 Å². The number of carbonyl (C=O) groups excluding carboxylic acids is 1. The minimum absolute atomic E-state index is 0.213. The van der Waals surface area contributed by atoms with E-state index >= 15 is 0 Å². The number of phenols is 2. The number of nitrogens with zero attached hydrogens (tertiary/aromatic N) is 1. The zero-order chi connectivity index (χ0) is 14.2. The van der Waals surface area contributed by atoms with Crippen molar-refractivity contribution in [3.63, 3.8) is 0 Å². The van der Waals surface area contributed by atoms with Gasteiger partial charge in [0.05, 0.1) is 9.83 Å². The zero-order valence-electron chi connectivity index (χ0n) is 9.11. The molecule has 19 heavy (non-hydrogen) atoms. The van der Waals surface area contributed by atoms with Gasteiger partial charge in [-0.05, 0) is 29.5 Å². The molecule has 1 aliphatic heterocycles. The van der Waals surface area contributed by atoms with Crippen LogP contribution in [0.4, 0.5) is 10.5 Å². The second-order valence-electron chi connectivity index (χ2n) is 3.52. The van der Waals surface area contributed by atoms with Crippen molar-refractivity contribution in [1.29, 1.82) is 0 Å². The normalized spacial score (nSPS) is 16.7.